The first-order valence-corrected chi connectivity index (χ1v) is 7.33. The van der Waals surface area contributed by atoms with Gasteiger partial charge in [-0.25, -0.2) is 0 Å². The van der Waals surface area contributed by atoms with Gasteiger partial charge >= 0.3 is 0 Å². The van der Waals surface area contributed by atoms with Crippen LogP contribution in [0.5, 0.6) is 5.75 Å². The number of ether oxygens (including phenoxy) is 3. The molecule has 2 fully saturated rings. The lowest BCUT2D eigenvalue weighted by molar-refractivity contribution is -0.178. The fourth-order valence-electron chi connectivity index (χ4n) is 3.26. The molecule has 1 aliphatic carbocycles. The van der Waals surface area contributed by atoms with Crippen LogP contribution in [-0.2, 0) is 9.47 Å². The van der Waals surface area contributed by atoms with Gasteiger partial charge in [0.25, 0.3) is 0 Å². The fourth-order valence-corrected chi connectivity index (χ4v) is 3.26. The summed E-state index contributed by atoms with van der Waals surface area (Å²) >= 11 is 0. The molecule has 1 heterocycles. The lowest BCUT2D eigenvalue weighted by atomic mass is 9.80. The molecule has 3 heteroatoms. The largest absolute Gasteiger partial charge is 0.494 e. The number of rotatable bonds is 3. The van der Waals surface area contributed by atoms with Crippen molar-refractivity contribution in [1.82, 2.24) is 0 Å². The monoisotopic (exact) mass is 262 g/mol. The van der Waals surface area contributed by atoms with Crippen molar-refractivity contribution in [3.63, 3.8) is 0 Å². The summed E-state index contributed by atoms with van der Waals surface area (Å²) in [6.45, 7) is 4.26. The second-order valence-electron chi connectivity index (χ2n) is 5.35. The normalized spacial score (nSPS) is 22.8. The van der Waals surface area contributed by atoms with E-state index in [-0.39, 0.29) is 5.79 Å². The van der Waals surface area contributed by atoms with Gasteiger partial charge in [-0.1, -0.05) is 18.2 Å². The Bertz CT molecular complexity index is 414. The van der Waals surface area contributed by atoms with Gasteiger partial charge in [0.2, 0.25) is 0 Å². The fraction of sp³-hybridized carbons (Fsp3) is 0.625. The topological polar surface area (TPSA) is 27.7 Å². The first-order chi connectivity index (χ1) is 9.33. The molecule has 19 heavy (non-hydrogen) atoms. The summed E-state index contributed by atoms with van der Waals surface area (Å²) in [4.78, 5) is 0. The Hall–Kier alpha value is -1.06. The van der Waals surface area contributed by atoms with E-state index in [4.69, 9.17) is 14.2 Å². The summed E-state index contributed by atoms with van der Waals surface area (Å²) in [6, 6.07) is 8.42. The van der Waals surface area contributed by atoms with Gasteiger partial charge in [0.15, 0.2) is 5.79 Å². The number of para-hydroxylation sites is 1. The van der Waals surface area contributed by atoms with Gasteiger partial charge in [-0.3, -0.25) is 0 Å². The third kappa shape index (κ3) is 2.63. The van der Waals surface area contributed by atoms with Crippen LogP contribution < -0.4 is 4.74 Å². The zero-order chi connectivity index (χ0) is 13.1. The van der Waals surface area contributed by atoms with E-state index in [0.29, 0.717) is 5.92 Å². The summed E-state index contributed by atoms with van der Waals surface area (Å²) in [6.07, 6.45) is 4.23. The minimum atomic E-state index is -0.267. The molecule has 0 amide bonds. The first-order valence-electron chi connectivity index (χ1n) is 7.33. The molecule has 1 aromatic carbocycles. The quantitative estimate of drug-likeness (QED) is 0.834. The van der Waals surface area contributed by atoms with Gasteiger partial charge in [0.1, 0.15) is 5.75 Å². The van der Waals surface area contributed by atoms with Crippen LogP contribution >= 0.6 is 0 Å². The molecule has 104 valence electrons. The Labute approximate surface area is 114 Å². The maximum atomic E-state index is 5.79. The lowest BCUT2D eigenvalue weighted by Crippen LogP contribution is -2.34. The predicted octanol–water partition coefficient (Wildman–Crippen LogP) is 3.49. The van der Waals surface area contributed by atoms with Crippen molar-refractivity contribution in [3.05, 3.63) is 29.8 Å². The smallest absolute Gasteiger partial charge is 0.168 e. The Kier molecular flexibility index (Phi) is 3.76. The minimum Gasteiger partial charge on any atom is -0.494 e. The van der Waals surface area contributed by atoms with E-state index < -0.39 is 0 Å². The molecule has 0 N–H and O–H groups in total. The molecule has 3 rings (SSSR count). The van der Waals surface area contributed by atoms with Crippen LogP contribution in [0.3, 0.4) is 0 Å². The lowest BCUT2D eigenvalue weighted by Gasteiger charge is -2.35. The van der Waals surface area contributed by atoms with Crippen molar-refractivity contribution in [2.45, 2.75) is 44.3 Å². The van der Waals surface area contributed by atoms with Gasteiger partial charge in [-0.15, -0.1) is 0 Å². The highest BCUT2D eigenvalue weighted by Crippen LogP contribution is 2.44. The molecule has 3 nitrogen and oxygen atoms in total. The molecule has 0 radical (unpaired) electrons. The molecular formula is C16H22O3. The molecule has 2 aliphatic rings. The highest BCUT2D eigenvalue weighted by molar-refractivity contribution is 5.36. The molecule has 0 unspecified atom stereocenters. The third-order valence-electron chi connectivity index (χ3n) is 4.22. The molecule has 1 aliphatic heterocycles. The van der Waals surface area contributed by atoms with E-state index in [2.05, 4.69) is 18.2 Å². The molecule has 1 aromatic rings. The maximum absolute atomic E-state index is 5.79. The number of hydrogen-bond donors (Lipinski definition) is 0. The summed E-state index contributed by atoms with van der Waals surface area (Å²) < 4.78 is 17.3. The minimum absolute atomic E-state index is 0.267. The maximum Gasteiger partial charge on any atom is 0.168 e. The average Bonchev–Trinajstić information content (AvgIpc) is 2.89. The van der Waals surface area contributed by atoms with Crippen LogP contribution in [0.1, 0.15) is 44.1 Å². The molecule has 1 saturated heterocycles. The molecule has 0 aromatic heterocycles. The highest BCUT2D eigenvalue weighted by atomic mass is 16.7. The first kappa shape index (κ1) is 12.9. The third-order valence-corrected chi connectivity index (χ3v) is 4.22. The molecule has 1 saturated carbocycles. The summed E-state index contributed by atoms with van der Waals surface area (Å²) in [5, 5.41) is 0. The van der Waals surface area contributed by atoms with E-state index >= 15 is 0 Å². The predicted molar refractivity (Wildman–Crippen MR) is 73.5 cm³/mol. The van der Waals surface area contributed by atoms with Crippen LogP contribution in [-0.4, -0.2) is 25.6 Å². The van der Waals surface area contributed by atoms with Gasteiger partial charge < -0.3 is 14.2 Å². The van der Waals surface area contributed by atoms with E-state index in [1.54, 1.807) is 0 Å². The Morgan fingerprint density at radius 3 is 2.53 bits per heavy atom. The van der Waals surface area contributed by atoms with Crippen LogP contribution in [0, 0.1) is 0 Å². The van der Waals surface area contributed by atoms with Crippen LogP contribution in [0.25, 0.3) is 0 Å². The molecule has 0 atom stereocenters. The van der Waals surface area contributed by atoms with E-state index in [0.717, 1.165) is 51.3 Å². The van der Waals surface area contributed by atoms with Crippen molar-refractivity contribution in [2.24, 2.45) is 0 Å². The zero-order valence-electron chi connectivity index (χ0n) is 11.6. The van der Waals surface area contributed by atoms with Crippen molar-refractivity contribution < 1.29 is 14.2 Å². The zero-order valence-corrected chi connectivity index (χ0v) is 11.6. The molecule has 0 bridgehead atoms. The van der Waals surface area contributed by atoms with Crippen LogP contribution in [0.2, 0.25) is 0 Å². The summed E-state index contributed by atoms with van der Waals surface area (Å²) in [5.74, 6) is 1.34. The van der Waals surface area contributed by atoms with Crippen molar-refractivity contribution in [2.75, 3.05) is 19.8 Å². The second-order valence-corrected chi connectivity index (χ2v) is 5.35. The Morgan fingerprint density at radius 1 is 1.16 bits per heavy atom. The van der Waals surface area contributed by atoms with Crippen molar-refractivity contribution in [3.8, 4) is 5.75 Å². The second kappa shape index (κ2) is 5.51. The Morgan fingerprint density at radius 2 is 1.84 bits per heavy atom. The van der Waals surface area contributed by atoms with Crippen molar-refractivity contribution >= 4 is 0 Å². The molecule has 1 spiro atoms. The van der Waals surface area contributed by atoms with Gasteiger partial charge in [-0.05, 0) is 37.3 Å². The number of hydrogen-bond acceptors (Lipinski definition) is 3. The summed E-state index contributed by atoms with van der Waals surface area (Å²) in [5.41, 5.74) is 1.34. The van der Waals surface area contributed by atoms with Crippen molar-refractivity contribution in [1.29, 1.82) is 0 Å². The van der Waals surface area contributed by atoms with Gasteiger partial charge in [0, 0.05) is 12.8 Å². The average molecular weight is 262 g/mol. The standard InChI is InChI=1S/C16H22O3/c1-2-17-15-6-4-3-5-14(15)13-7-9-16(10-8-13)18-11-12-19-16/h3-6,13H,2,7-12H2,1H3. The van der Waals surface area contributed by atoms with Gasteiger partial charge in [-0.2, -0.15) is 0 Å². The highest BCUT2D eigenvalue weighted by Gasteiger charge is 2.40. The van der Waals surface area contributed by atoms with Gasteiger partial charge in [0.05, 0.1) is 19.8 Å². The van der Waals surface area contributed by atoms with E-state index in [9.17, 15) is 0 Å². The SMILES string of the molecule is CCOc1ccccc1C1CCC2(CC1)OCCO2. The molecular weight excluding hydrogens is 240 g/mol. The summed E-state index contributed by atoms with van der Waals surface area (Å²) in [7, 11) is 0. The van der Waals surface area contributed by atoms with Crippen LogP contribution in [0.4, 0.5) is 0 Å². The van der Waals surface area contributed by atoms with E-state index in [1.165, 1.54) is 5.56 Å². The van der Waals surface area contributed by atoms with Crippen LogP contribution in [0.15, 0.2) is 24.3 Å². The number of benzene rings is 1. The van der Waals surface area contributed by atoms with E-state index in [1.807, 2.05) is 13.0 Å². The Balaban J connectivity index is 1.71.